The minimum absolute atomic E-state index is 0.0848. The van der Waals surface area contributed by atoms with Crippen LogP contribution < -0.4 is 5.32 Å². The summed E-state index contributed by atoms with van der Waals surface area (Å²) in [7, 11) is 0. The van der Waals surface area contributed by atoms with Crippen molar-refractivity contribution in [2.24, 2.45) is 0 Å². The molecular formula is C6H9NO3. The molecule has 1 saturated heterocycles. The Morgan fingerprint density at radius 1 is 1.90 bits per heavy atom. The molecule has 1 fully saturated rings. The summed E-state index contributed by atoms with van der Waals surface area (Å²) in [4.78, 5) is 21.3. The number of carbonyl (C=O) groups excluding carboxylic acids is 2. The summed E-state index contributed by atoms with van der Waals surface area (Å²) in [6.45, 7) is 2.33. The van der Waals surface area contributed by atoms with Crippen molar-refractivity contribution in [2.45, 2.75) is 13.0 Å². The van der Waals surface area contributed by atoms with E-state index in [4.69, 9.17) is 0 Å². The largest absolute Gasteiger partial charge is 0.464 e. The van der Waals surface area contributed by atoms with Gasteiger partial charge in [-0.3, -0.25) is 10.1 Å². The number of hydrogen-bond donors (Lipinski definition) is 1. The van der Waals surface area contributed by atoms with Gasteiger partial charge in [0.2, 0.25) is 0 Å². The fraction of sp³-hybridized carbons (Fsp3) is 0.667. The summed E-state index contributed by atoms with van der Waals surface area (Å²) in [5.74, 6) is -0.544. The van der Waals surface area contributed by atoms with Gasteiger partial charge in [-0.15, -0.1) is 0 Å². The molecule has 0 spiro atoms. The van der Waals surface area contributed by atoms with Crippen LogP contribution in [0.25, 0.3) is 0 Å². The van der Waals surface area contributed by atoms with Crippen LogP contribution in [0.1, 0.15) is 6.92 Å². The molecule has 0 aliphatic carbocycles. The summed E-state index contributed by atoms with van der Waals surface area (Å²) in [5.41, 5.74) is 0. The molecule has 10 heavy (non-hydrogen) atoms. The quantitative estimate of drug-likeness (QED) is 0.401. The zero-order valence-electron chi connectivity index (χ0n) is 5.72. The van der Waals surface area contributed by atoms with Crippen LogP contribution in [0.3, 0.4) is 0 Å². The Hall–Kier alpha value is -0.900. The molecule has 0 aromatic carbocycles. The van der Waals surface area contributed by atoms with E-state index in [2.05, 4.69) is 10.1 Å². The zero-order chi connectivity index (χ0) is 7.56. The first kappa shape index (κ1) is 7.21. The maximum Gasteiger partial charge on any atom is 0.330 e. The van der Waals surface area contributed by atoms with Gasteiger partial charge >= 0.3 is 5.97 Å². The molecule has 1 heterocycles. The zero-order valence-corrected chi connectivity index (χ0v) is 5.72. The lowest BCUT2D eigenvalue weighted by atomic mass is 10.1. The molecule has 0 saturated carbocycles. The molecule has 1 N–H and O–H groups in total. The van der Waals surface area contributed by atoms with Crippen molar-refractivity contribution < 1.29 is 14.3 Å². The molecule has 0 bridgehead atoms. The molecule has 0 radical (unpaired) electrons. The second-order valence-corrected chi connectivity index (χ2v) is 2.03. The summed E-state index contributed by atoms with van der Waals surface area (Å²) in [6.07, 6.45) is 0. The number of ketones is 1. The molecule has 4 nitrogen and oxygen atoms in total. The highest BCUT2D eigenvalue weighted by Crippen LogP contribution is 1.99. The van der Waals surface area contributed by atoms with E-state index in [1.54, 1.807) is 6.92 Å². The predicted octanol–water partition coefficient (Wildman–Crippen LogP) is -0.910. The van der Waals surface area contributed by atoms with E-state index in [1.807, 2.05) is 0 Å². The summed E-state index contributed by atoms with van der Waals surface area (Å²) >= 11 is 0. The molecule has 0 aromatic rings. The maximum atomic E-state index is 10.7. The molecule has 56 valence electrons. The first-order valence-corrected chi connectivity index (χ1v) is 3.18. The summed E-state index contributed by atoms with van der Waals surface area (Å²) in [6, 6.07) is -0.681. The van der Waals surface area contributed by atoms with Crippen molar-refractivity contribution in [1.29, 1.82) is 0 Å². The van der Waals surface area contributed by atoms with Gasteiger partial charge in [0.1, 0.15) is 0 Å². The van der Waals surface area contributed by atoms with Gasteiger partial charge in [0.25, 0.3) is 0 Å². The highest BCUT2D eigenvalue weighted by Gasteiger charge is 2.34. The van der Waals surface area contributed by atoms with Gasteiger partial charge < -0.3 is 4.74 Å². The van der Waals surface area contributed by atoms with E-state index in [9.17, 15) is 9.59 Å². The SMILES string of the molecule is CCOC(=O)C1NCC1=O. The van der Waals surface area contributed by atoms with Crippen molar-refractivity contribution in [2.75, 3.05) is 13.2 Å². The first-order valence-electron chi connectivity index (χ1n) is 3.18. The molecule has 4 heteroatoms. The van der Waals surface area contributed by atoms with Crippen molar-refractivity contribution in [3.05, 3.63) is 0 Å². The Balaban J connectivity index is 2.34. The maximum absolute atomic E-state index is 10.7. The third kappa shape index (κ3) is 1.16. The van der Waals surface area contributed by atoms with Crippen LogP contribution >= 0.6 is 0 Å². The Morgan fingerprint density at radius 3 is 2.90 bits per heavy atom. The first-order chi connectivity index (χ1) is 4.75. The van der Waals surface area contributed by atoms with Gasteiger partial charge in [-0.05, 0) is 6.92 Å². The van der Waals surface area contributed by atoms with Crippen LogP contribution in [0.5, 0.6) is 0 Å². The smallest absolute Gasteiger partial charge is 0.330 e. The third-order valence-corrected chi connectivity index (χ3v) is 1.32. The van der Waals surface area contributed by atoms with Gasteiger partial charge in [-0.2, -0.15) is 0 Å². The molecule has 1 aliphatic heterocycles. The van der Waals surface area contributed by atoms with E-state index in [0.29, 0.717) is 13.2 Å². The van der Waals surface area contributed by atoms with Gasteiger partial charge in [0, 0.05) is 0 Å². The van der Waals surface area contributed by atoms with Crippen LogP contribution in [-0.4, -0.2) is 30.9 Å². The Morgan fingerprint density at radius 2 is 2.60 bits per heavy atom. The molecule has 0 aromatic heterocycles. The second kappa shape index (κ2) is 2.79. The van der Waals surface area contributed by atoms with Crippen LogP contribution in [0, 0.1) is 0 Å². The second-order valence-electron chi connectivity index (χ2n) is 2.03. The molecule has 1 unspecified atom stereocenters. The molecule has 1 aliphatic rings. The van der Waals surface area contributed by atoms with E-state index < -0.39 is 12.0 Å². The van der Waals surface area contributed by atoms with Crippen molar-refractivity contribution >= 4 is 11.8 Å². The van der Waals surface area contributed by atoms with E-state index in [1.165, 1.54) is 0 Å². The van der Waals surface area contributed by atoms with E-state index in [0.717, 1.165) is 0 Å². The van der Waals surface area contributed by atoms with Gasteiger partial charge in [-0.25, -0.2) is 4.79 Å². The highest BCUT2D eigenvalue weighted by molar-refractivity contribution is 6.08. The fourth-order valence-corrected chi connectivity index (χ4v) is 0.728. The lowest BCUT2D eigenvalue weighted by Gasteiger charge is -2.23. The lowest BCUT2D eigenvalue weighted by molar-refractivity contribution is -0.151. The van der Waals surface area contributed by atoms with Crippen LogP contribution in [0.4, 0.5) is 0 Å². The number of hydrogen-bond acceptors (Lipinski definition) is 4. The van der Waals surface area contributed by atoms with Crippen molar-refractivity contribution in [1.82, 2.24) is 5.32 Å². The monoisotopic (exact) mass is 143 g/mol. The number of esters is 1. The van der Waals surface area contributed by atoms with Gasteiger partial charge in [0.05, 0.1) is 13.2 Å². The highest BCUT2D eigenvalue weighted by atomic mass is 16.5. The molecule has 1 rings (SSSR count). The van der Waals surface area contributed by atoms with E-state index >= 15 is 0 Å². The van der Waals surface area contributed by atoms with Crippen LogP contribution in [0.15, 0.2) is 0 Å². The minimum Gasteiger partial charge on any atom is -0.464 e. The Kier molecular flexibility index (Phi) is 2.01. The molecule has 0 amide bonds. The van der Waals surface area contributed by atoms with Gasteiger partial charge in [0.15, 0.2) is 11.8 Å². The van der Waals surface area contributed by atoms with E-state index in [-0.39, 0.29) is 5.78 Å². The average Bonchev–Trinajstić information content (AvgIpc) is 1.85. The van der Waals surface area contributed by atoms with Crippen molar-refractivity contribution in [3.8, 4) is 0 Å². The number of Topliss-reactive ketones (excluding diaryl/α,β-unsaturated/α-hetero) is 1. The average molecular weight is 143 g/mol. The Labute approximate surface area is 58.5 Å². The van der Waals surface area contributed by atoms with Crippen LogP contribution in [-0.2, 0) is 14.3 Å². The normalized spacial score (nSPS) is 23.7. The number of nitrogens with one attached hydrogen (secondary N) is 1. The lowest BCUT2D eigenvalue weighted by Crippen LogP contribution is -2.58. The fourth-order valence-electron chi connectivity index (χ4n) is 0.728. The third-order valence-electron chi connectivity index (χ3n) is 1.32. The van der Waals surface area contributed by atoms with Crippen LogP contribution in [0.2, 0.25) is 0 Å². The standard InChI is InChI=1S/C6H9NO3/c1-2-10-6(9)5-4(8)3-7-5/h5,7H,2-3H2,1H3. The summed E-state index contributed by atoms with van der Waals surface area (Å²) < 4.78 is 4.59. The number of carbonyl (C=O) groups is 2. The van der Waals surface area contributed by atoms with Crippen molar-refractivity contribution in [3.63, 3.8) is 0 Å². The predicted molar refractivity (Wildman–Crippen MR) is 33.4 cm³/mol. The number of rotatable bonds is 2. The minimum atomic E-state index is -0.681. The Bertz CT molecular complexity index is 166. The topological polar surface area (TPSA) is 55.4 Å². The summed E-state index contributed by atoms with van der Waals surface area (Å²) in [5, 5.41) is 2.66. The van der Waals surface area contributed by atoms with Gasteiger partial charge in [-0.1, -0.05) is 0 Å². The number of ether oxygens (including phenoxy) is 1. The molecule has 1 atom stereocenters. The molecular weight excluding hydrogens is 134 g/mol.